The zero-order chi connectivity index (χ0) is 19.2. The molecular weight excluding hydrogens is 342 g/mol. The van der Waals surface area contributed by atoms with Crippen LogP contribution in [0.15, 0.2) is 54.9 Å². The maximum absolute atomic E-state index is 12.6. The predicted molar refractivity (Wildman–Crippen MR) is 105 cm³/mol. The molecule has 27 heavy (non-hydrogen) atoms. The number of amides is 1. The number of aryl methyl sites for hydroxylation is 1. The van der Waals surface area contributed by atoms with E-state index in [2.05, 4.69) is 20.6 Å². The lowest BCUT2D eigenvalue weighted by molar-refractivity contribution is 0.102. The monoisotopic (exact) mass is 361 g/mol. The van der Waals surface area contributed by atoms with Crippen molar-refractivity contribution in [2.45, 2.75) is 6.92 Å². The summed E-state index contributed by atoms with van der Waals surface area (Å²) in [5.74, 6) is 0.308. The van der Waals surface area contributed by atoms with E-state index in [0.717, 1.165) is 5.56 Å². The van der Waals surface area contributed by atoms with Crippen LogP contribution in [0.2, 0.25) is 0 Å². The number of carbonyl (C=O) groups excluding carboxylic acids is 1. The second kappa shape index (κ2) is 8.09. The average Bonchev–Trinajstić information content (AvgIpc) is 2.70. The van der Waals surface area contributed by atoms with Crippen LogP contribution in [0.25, 0.3) is 0 Å². The molecule has 3 rings (SSSR count). The van der Waals surface area contributed by atoms with Gasteiger partial charge in [0.25, 0.3) is 5.91 Å². The highest BCUT2D eigenvalue weighted by Crippen LogP contribution is 2.26. The van der Waals surface area contributed by atoms with Gasteiger partial charge >= 0.3 is 6.01 Å². The van der Waals surface area contributed by atoms with Crippen molar-refractivity contribution in [3.05, 3.63) is 71.5 Å². The number of aromatic nitrogens is 2. The Bertz CT molecular complexity index is 973. The van der Waals surface area contributed by atoms with E-state index in [1.165, 1.54) is 6.21 Å². The van der Waals surface area contributed by atoms with Gasteiger partial charge in [-0.1, -0.05) is 12.1 Å². The van der Waals surface area contributed by atoms with Gasteiger partial charge in [-0.15, -0.1) is 0 Å². The van der Waals surface area contributed by atoms with Crippen molar-refractivity contribution in [2.75, 3.05) is 17.7 Å². The maximum atomic E-state index is 12.6. The molecule has 0 unspecified atom stereocenters. The van der Waals surface area contributed by atoms with Crippen molar-refractivity contribution in [1.29, 1.82) is 5.41 Å². The molecular formula is C20H19N5O2. The normalized spacial score (nSPS) is 10.1. The molecule has 1 amide bonds. The summed E-state index contributed by atoms with van der Waals surface area (Å²) in [6.45, 7) is 1.90. The van der Waals surface area contributed by atoms with Gasteiger partial charge in [0.05, 0.1) is 0 Å². The van der Waals surface area contributed by atoms with E-state index >= 15 is 0 Å². The molecule has 0 fully saturated rings. The number of hydrogen-bond acceptors (Lipinski definition) is 6. The first kappa shape index (κ1) is 18.1. The molecule has 0 radical (unpaired) electrons. The molecule has 0 spiro atoms. The van der Waals surface area contributed by atoms with Gasteiger partial charge in [-0.3, -0.25) is 4.79 Å². The fraction of sp³-hybridized carbons (Fsp3) is 0.100. The van der Waals surface area contributed by atoms with Crippen molar-refractivity contribution in [3.63, 3.8) is 0 Å². The Hall–Kier alpha value is -3.74. The van der Waals surface area contributed by atoms with Crippen LogP contribution in [-0.4, -0.2) is 29.1 Å². The summed E-state index contributed by atoms with van der Waals surface area (Å²) in [6, 6.07) is 12.4. The minimum atomic E-state index is -0.256. The molecule has 0 saturated carbocycles. The van der Waals surface area contributed by atoms with Crippen molar-refractivity contribution < 1.29 is 9.53 Å². The molecule has 1 heterocycles. The van der Waals surface area contributed by atoms with E-state index in [0.29, 0.717) is 28.3 Å². The molecule has 3 N–H and O–H groups in total. The summed E-state index contributed by atoms with van der Waals surface area (Å²) in [6.07, 6.45) is 4.43. The lowest BCUT2D eigenvalue weighted by Gasteiger charge is -2.11. The first-order valence-electron chi connectivity index (χ1n) is 8.30. The number of carbonyl (C=O) groups is 1. The lowest BCUT2D eigenvalue weighted by Crippen LogP contribution is -2.12. The van der Waals surface area contributed by atoms with Gasteiger partial charge in [-0.2, -0.15) is 0 Å². The Labute approximate surface area is 157 Å². The van der Waals surface area contributed by atoms with Gasteiger partial charge in [-0.25, -0.2) is 9.97 Å². The molecule has 136 valence electrons. The van der Waals surface area contributed by atoms with Crippen LogP contribution in [0.4, 0.5) is 11.4 Å². The lowest BCUT2D eigenvalue weighted by atomic mass is 10.1. The second-order valence-electron chi connectivity index (χ2n) is 5.76. The number of nitrogens with zero attached hydrogens (tertiary/aromatic N) is 2. The Morgan fingerprint density at radius 3 is 2.63 bits per heavy atom. The minimum Gasteiger partial charge on any atom is -0.424 e. The smallest absolute Gasteiger partial charge is 0.321 e. The van der Waals surface area contributed by atoms with Gasteiger partial charge in [0, 0.05) is 54.2 Å². The molecule has 0 atom stereocenters. The largest absolute Gasteiger partial charge is 0.424 e. The second-order valence-corrected chi connectivity index (χ2v) is 5.76. The Balaban J connectivity index is 1.80. The molecule has 0 aliphatic rings. The van der Waals surface area contributed by atoms with E-state index in [4.69, 9.17) is 10.1 Å². The molecule has 1 aromatic heterocycles. The molecule has 0 saturated heterocycles. The van der Waals surface area contributed by atoms with Crippen LogP contribution in [0.5, 0.6) is 11.8 Å². The van der Waals surface area contributed by atoms with E-state index in [9.17, 15) is 4.79 Å². The summed E-state index contributed by atoms with van der Waals surface area (Å²) < 4.78 is 5.70. The molecule has 0 bridgehead atoms. The zero-order valence-electron chi connectivity index (χ0n) is 15.0. The molecule has 2 aromatic carbocycles. The fourth-order valence-corrected chi connectivity index (χ4v) is 2.47. The molecule has 7 heteroatoms. The topological polar surface area (TPSA) is 100.0 Å². The highest BCUT2D eigenvalue weighted by Gasteiger charge is 2.11. The summed E-state index contributed by atoms with van der Waals surface area (Å²) in [5, 5.41) is 13.2. The van der Waals surface area contributed by atoms with Gasteiger partial charge in [-0.05, 0) is 36.8 Å². The first-order valence-corrected chi connectivity index (χ1v) is 8.30. The molecule has 0 aliphatic carbocycles. The van der Waals surface area contributed by atoms with Crippen LogP contribution in [0, 0.1) is 12.3 Å². The standard InChI is InChI=1S/C20H19N5O2/c1-13-4-7-16(11-18(13)27-20-23-8-3-9-24-20)25-19(26)14-5-6-15(12-21)17(10-14)22-2/h3-12,21-22H,1-2H3,(H,25,26). The summed E-state index contributed by atoms with van der Waals surface area (Å²) in [5.41, 5.74) is 3.40. The molecule has 3 aromatic rings. The maximum Gasteiger partial charge on any atom is 0.321 e. The number of hydrogen-bond donors (Lipinski definition) is 3. The summed E-state index contributed by atoms with van der Waals surface area (Å²) >= 11 is 0. The van der Waals surface area contributed by atoms with E-state index in [-0.39, 0.29) is 11.9 Å². The number of ether oxygens (including phenoxy) is 1. The van der Waals surface area contributed by atoms with Crippen molar-refractivity contribution in [1.82, 2.24) is 9.97 Å². The highest BCUT2D eigenvalue weighted by atomic mass is 16.5. The van der Waals surface area contributed by atoms with Crippen LogP contribution in [0.3, 0.4) is 0 Å². The van der Waals surface area contributed by atoms with Gasteiger partial charge in [0.1, 0.15) is 5.75 Å². The van der Waals surface area contributed by atoms with Crippen LogP contribution < -0.4 is 15.4 Å². The zero-order valence-corrected chi connectivity index (χ0v) is 15.0. The van der Waals surface area contributed by atoms with Crippen LogP contribution in [-0.2, 0) is 0 Å². The van der Waals surface area contributed by atoms with Crippen molar-refractivity contribution >= 4 is 23.5 Å². The van der Waals surface area contributed by atoms with Crippen LogP contribution in [0.1, 0.15) is 21.5 Å². The van der Waals surface area contributed by atoms with E-state index in [1.807, 2.05) is 13.0 Å². The predicted octanol–water partition coefficient (Wildman–Crippen LogP) is 3.87. The first-order chi connectivity index (χ1) is 13.1. The van der Waals surface area contributed by atoms with Gasteiger partial charge in [0.2, 0.25) is 0 Å². The number of nitrogens with one attached hydrogen (secondary N) is 3. The minimum absolute atomic E-state index is 0.241. The highest BCUT2D eigenvalue weighted by molar-refractivity contribution is 6.05. The summed E-state index contributed by atoms with van der Waals surface area (Å²) in [7, 11) is 1.75. The third-order valence-electron chi connectivity index (χ3n) is 3.93. The van der Waals surface area contributed by atoms with E-state index in [1.54, 1.807) is 55.8 Å². The number of benzene rings is 2. The van der Waals surface area contributed by atoms with Gasteiger partial charge in [0.15, 0.2) is 0 Å². The quantitative estimate of drug-likeness (QED) is 0.579. The van der Waals surface area contributed by atoms with Crippen molar-refractivity contribution in [2.24, 2.45) is 0 Å². The molecule has 0 aliphatic heterocycles. The van der Waals surface area contributed by atoms with E-state index < -0.39 is 0 Å². The molecule has 7 nitrogen and oxygen atoms in total. The van der Waals surface area contributed by atoms with Crippen LogP contribution >= 0.6 is 0 Å². The number of anilines is 2. The third kappa shape index (κ3) is 4.27. The summed E-state index contributed by atoms with van der Waals surface area (Å²) in [4.78, 5) is 20.7. The SMILES string of the molecule is CNc1cc(C(=O)Nc2ccc(C)c(Oc3ncccn3)c2)ccc1C=N. The Morgan fingerprint density at radius 2 is 1.93 bits per heavy atom. The third-order valence-corrected chi connectivity index (χ3v) is 3.93. The fourth-order valence-electron chi connectivity index (χ4n) is 2.47. The average molecular weight is 361 g/mol. The van der Waals surface area contributed by atoms with Crippen molar-refractivity contribution in [3.8, 4) is 11.8 Å². The van der Waals surface area contributed by atoms with Gasteiger partial charge < -0.3 is 20.8 Å². The Morgan fingerprint density at radius 1 is 1.15 bits per heavy atom. The number of rotatable bonds is 6. The Kier molecular flexibility index (Phi) is 5.41.